The highest BCUT2D eigenvalue weighted by Gasteiger charge is 2.37. The number of carbonyl (C=O) groups excluding carboxylic acids is 10. The van der Waals surface area contributed by atoms with Crippen molar-refractivity contribution in [2.45, 2.75) is 78.1 Å². The van der Waals surface area contributed by atoms with E-state index < -0.39 is 66.8 Å². The van der Waals surface area contributed by atoms with Crippen LogP contribution in [0.3, 0.4) is 0 Å². The first-order valence-electron chi connectivity index (χ1n) is 40.4. The predicted octanol–water partition coefficient (Wildman–Crippen LogP) is 8.05. The van der Waals surface area contributed by atoms with Gasteiger partial charge in [0, 0.05) is 164 Å². The molecule has 10 rings (SSSR count). The Morgan fingerprint density at radius 1 is 0.464 bits per heavy atom. The van der Waals surface area contributed by atoms with Crippen molar-refractivity contribution in [2.24, 2.45) is 40.2 Å². The van der Waals surface area contributed by atoms with Crippen LogP contribution in [0.1, 0.15) is 137 Å². The van der Waals surface area contributed by atoms with Crippen LogP contribution >= 0.6 is 22.9 Å². The first kappa shape index (κ1) is 94.9. The van der Waals surface area contributed by atoms with Crippen molar-refractivity contribution < 1.29 is 89.5 Å². The molecule has 0 aliphatic carbocycles. The maximum atomic E-state index is 13.9. The second kappa shape index (κ2) is 46.4. The van der Waals surface area contributed by atoms with Crippen LogP contribution in [0, 0.1) is 20.8 Å². The SMILES string of the molecule is Cc1sc2c(c1C)C(c1ccc(Cl)cc1)=N[C@@H](CC(=O)Nc1ccc(OCCOCCOCCOCCOCCOCCC(=O)NCCCN(CCCNC(=O)CCNC(=O)c3cc(NC(=O)CCNC(=O)c4cc(NC(=O)c5cc(NC(=O)CCNC(=O)c6cc(NC(=O)c7cccn7C)cn6C)cn5C)cn4C)cn3C)C(F)(F)F)cc1)c1nnc(C)n1-2. The van der Waals surface area contributed by atoms with Crippen molar-refractivity contribution in [3.05, 3.63) is 183 Å². The Hall–Kier alpha value is -12.3. The molecule has 10 N–H and O–H groups in total. The van der Waals surface area contributed by atoms with Gasteiger partial charge in [0.25, 0.3) is 29.5 Å². The molecule has 1 aliphatic heterocycles. The zero-order chi connectivity index (χ0) is 89.7. The number of hydrogen-bond acceptors (Lipinski definition) is 21. The van der Waals surface area contributed by atoms with Gasteiger partial charge < -0.3 is 104 Å². The van der Waals surface area contributed by atoms with Crippen LogP contribution in [0.25, 0.3) is 5.00 Å². The average molecular weight is 1770 g/mol. The highest BCUT2D eigenvalue weighted by atomic mass is 35.5. The number of thiophene rings is 1. The van der Waals surface area contributed by atoms with Crippen molar-refractivity contribution in [1.82, 2.24) is 69.1 Å². The van der Waals surface area contributed by atoms with Crippen molar-refractivity contribution in [3.8, 4) is 10.8 Å². The Morgan fingerprint density at radius 2 is 0.896 bits per heavy atom. The number of alkyl halides is 3. The lowest BCUT2D eigenvalue weighted by Crippen LogP contribution is -2.41. The summed E-state index contributed by atoms with van der Waals surface area (Å²) in [5, 5.41) is 37.5. The van der Waals surface area contributed by atoms with Gasteiger partial charge in [-0.1, -0.05) is 23.7 Å². The second-order valence-corrected chi connectivity index (χ2v) is 30.8. The van der Waals surface area contributed by atoms with Gasteiger partial charge in [-0.05, 0) is 112 Å². The Balaban J connectivity index is 0.491. The maximum absolute atomic E-state index is 13.9. The van der Waals surface area contributed by atoms with E-state index in [0.717, 1.165) is 32.3 Å². The molecule has 1 atom stereocenters. The quantitative estimate of drug-likeness (QED) is 0.0127. The minimum Gasteiger partial charge on any atom is -0.491 e. The Kier molecular flexibility index (Phi) is 35.3. The van der Waals surface area contributed by atoms with Gasteiger partial charge in [-0.3, -0.25) is 57.5 Å². The number of aliphatic imine (C=N–C) groups is 1. The molecule has 41 heteroatoms. The molecule has 0 saturated heterocycles. The van der Waals surface area contributed by atoms with Gasteiger partial charge in [-0.25, -0.2) is 4.90 Å². The number of nitrogens with one attached hydrogen (secondary N) is 10. The topological polar surface area (TPSA) is 417 Å². The third-order valence-electron chi connectivity index (χ3n) is 19.7. The van der Waals surface area contributed by atoms with Crippen LogP contribution in [0.4, 0.5) is 41.6 Å². The minimum absolute atomic E-state index is 0.00150. The molecule has 0 bridgehead atoms. The zero-order valence-corrected chi connectivity index (χ0v) is 72.2. The van der Waals surface area contributed by atoms with E-state index in [-0.39, 0.29) is 149 Å². The molecule has 0 saturated carbocycles. The fraction of sp³-hybridized carbons (Fsp3) is 0.417. The molecule has 0 fully saturated rings. The lowest BCUT2D eigenvalue weighted by molar-refractivity contribution is -0.245. The standard InChI is InChI=1S/C84H104ClF3N20O16S/c1-53-54(2)125-83-75(53)76(56-13-15-57(85)16-14-56)99-64(77-101-100-55(3)108(77)83)48-74(113)94-58-17-19-63(20-18-58)124-43-42-123-41-40-122-39-38-121-37-36-120-35-34-119-33-24-71(110)90-26-11-32-107(84(86,87)88)31-10-25-89-70(109)21-27-91-78(114)66-44-59(49-103(66)5)95-72(111)22-28-93-80(116)68-47-62(52-105(68)7)98-82(118)69-45-60(50-106(69)8)96-73(112)23-29-92-79(115)67-46-61(51-104(67)6)97-81(117)65-12-9-30-102(65)4/h9,12-20,30,44-47,49-52,64H,10-11,21-29,31-43,48H2,1-8H3,(H,89,109)(H,90,110)(H,91,114)(H,92,115)(H,93,116)(H,94,113)(H,95,111)(H,96,112)(H,97,117)(H,98,118)/t64-/m0/s1. The summed E-state index contributed by atoms with van der Waals surface area (Å²) in [5.74, 6) is -2.60. The number of ether oxygens (including phenoxy) is 6. The van der Waals surface area contributed by atoms with Gasteiger partial charge in [-0.2, -0.15) is 13.2 Å². The molecule has 0 spiro atoms. The van der Waals surface area contributed by atoms with Gasteiger partial charge in [0.05, 0.1) is 101 Å². The van der Waals surface area contributed by atoms with Gasteiger partial charge in [0.1, 0.15) is 57.7 Å². The summed E-state index contributed by atoms with van der Waals surface area (Å²) in [7, 11) is 8.16. The summed E-state index contributed by atoms with van der Waals surface area (Å²) in [6, 6.07) is 23.2. The molecule has 10 amide bonds. The molecule has 9 aromatic rings. The third-order valence-corrected chi connectivity index (χ3v) is 21.1. The van der Waals surface area contributed by atoms with Crippen LogP contribution in [0.5, 0.6) is 5.75 Å². The van der Waals surface area contributed by atoms with Crippen molar-refractivity contribution in [3.63, 3.8) is 0 Å². The first-order chi connectivity index (χ1) is 60.0. The van der Waals surface area contributed by atoms with Crippen LogP contribution in [-0.2, 0) is 82.9 Å². The number of rotatable bonds is 49. The molecule has 2 aromatic carbocycles. The maximum Gasteiger partial charge on any atom is 0.459 e. The Morgan fingerprint density at radius 3 is 1.37 bits per heavy atom. The van der Waals surface area contributed by atoms with E-state index in [1.54, 1.807) is 105 Å². The number of fused-ring (bicyclic) bond motifs is 3. The number of nitrogens with zero attached hydrogens (tertiary/aromatic N) is 10. The molecule has 0 unspecified atom stereocenters. The Bertz CT molecular complexity index is 5260. The number of amides is 10. The van der Waals surface area contributed by atoms with E-state index in [1.807, 2.05) is 35.8 Å². The van der Waals surface area contributed by atoms with Crippen LogP contribution in [0.15, 0.2) is 121 Å². The summed E-state index contributed by atoms with van der Waals surface area (Å²) in [6.45, 7) is 8.22. The van der Waals surface area contributed by atoms with Crippen molar-refractivity contribution in [1.29, 1.82) is 0 Å². The Labute approximate surface area is 727 Å². The minimum atomic E-state index is -4.65. The molecule has 1 aliphatic rings. The summed E-state index contributed by atoms with van der Waals surface area (Å²) in [5.41, 5.74) is 6.82. The second-order valence-electron chi connectivity index (χ2n) is 29.1. The molecule has 0 radical (unpaired) electrons. The van der Waals surface area contributed by atoms with E-state index in [4.69, 9.17) is 45.0 Å². The molecule has 8 heterocycles. The zero-order valence-electron chi connectivity index (χ0n) is 70.6. The van der Waals surface area contributed by atoms with Crippen LogP contribution < -0.4 is 57.9 Å². The lowest BCUT2D eigenvalue weighted by Gasteiger charge is -2.24. The monoisotopic (exact) mass is 1770 g/mol. The largest absolute Gasteiger partial charge is 0.491 e. The molecule has 36 nitrogen and oxygen atoms in total. The molecular formula is C84H104ClF3N20O16S. The van der Waals surface area contributed by atoms with Crippen LogP contribution in [-0.4, -0.2) is 232 Å². The van der Waals surface area contributed by atoms with E-state index in [1.165, 1.54) is 56.6 Å². The first-order valence-corrected chi connectivity index (χ1v) is 41.6. The average Bonchev–Trinajstić information content (AvgIpc) is 1.59. The van der Waals surface area contributed by atoms with Crippen molar-refractivity contribution in [2.75, 3.05) is 145 Å². The molecule has 670 valence electrons. The van der Waals surface area contributed by atoms with E-state index >= 15 is 0 Å². The summed E-state index contributed by atoms with van der Waals surface area (Å²) < 4.78 is 84.9. The highest BCUT2D eigenvalue weighted by molar-refractivity contribution is 7.15. The normalized spacial score (nSPS) is 12.4. The fourth-order valence-electron chi connectivity index (χ4n) is 13.2. The summed E-state index contributed by atoms with van der Waals surface area (Å²) in [6.07, 6.45) is 2.83. The lowest BCUT2D eigenvalue weighted by atomic mass is 9.99. The van der Waals surface area contributed by atoms with E-state index in [0.29, 0.717) is 103 Å². The van der Waals surface area contributed by atoms with Crippen molar-refractivity contribution >= 4 is 116 Å². The fourth-order valence-corrected chi connectivity index (χ4v) is 14.5. The number of benzene rings is 2. The number of aryl methyl sites for hydroxylation is 7. The number of anilines is 5. The number of hydrogen-bond donors (Lipinski definition) is 10. The van der Waals surface area contributed by atoms with Gasteiger partial charge in [0.2, 0.25) is 29.5 Å². The van der Waals surface area contributed by atoms with E-state index in [2.05, 4.69) is 77.2 Å². The molecule has 125 heavy (non-hydrogen) atoms. The van der Waals surface area contributed by atoms with Gasteiger partial charge in [0.15, 0.2) is 5.82 Å². The highest BCUT2D eigenvalue weighted by Crippen LogP contribution is 2.40. The molecular weight excluding hydrogens is 1670 g/mol. The van der Waals surface area contributed by atoms with Crippen LogP contribution in [0.2, 0.25) is 5.02 Å². The predicted molar refractivity (Wildman–Crippen MR) is 461 cm³/mol. The smallest absolute Gasteiger partial charge is 0.459 e. The molecule has 7 aromatic heterocycles. The third kappa shape index (κ3) is 28.4. The number of carbonyl (C=O) groups is 10. The van der Waals surface area contributed by atoms with Gasteiger partial charge >= 0.3 is 6.30 Å². The number of halogens is 4. The summed E-state index contributed by atoms with van der Waals surface area (Å²) in [4.78, 5) is 136. The van der Waals surface area contributed by atoms with E-state index in [9.17, 15) is 61.1 Å². The summed E-state index contributed by atoms with van der Waals surface area (Å²) >= 11 is 7.90. The van der Waals surface area contributed by atoms with Gasteiger partial charge in [-0.15, -0.1) is 21.5 Å². The number of aromatic nitrogens is 8.